The Morgan fingerprint density at radius 2 is 0.538 bits per heavy atom. The van der Waals surface area contributed by atoms with E-state index in [-0.39, 0.29) is 0 Å². The molecule has 0 spiro atoms. The van der Waals surface area contributed by atoms with Crippen LogP contribution in [0.2, 0.25) is 0 Å². The van der Waals surface area contributed by atoms with Crippen LogP contribution in [0.15, 0.2) is 292 Å². The van der Waals surface area contributed by atoms with E-state index in [1.54, 1.807) is 0 Å². The van der Waals surface area contributed by atoms with E-state index in [0.29, 0.717) is 0 Å². The Kier molecular flexibility index (Phi) is 19.4. The maximum atomic E-state index is 4.53. The van der Waals surface area contributed by atoms with Crippen molar-refractivity contribution in [1.82, 2.24) is 19.6 Å². The first kappa shape index (κ1) is 54.2. The predicted octanol–water partition coefficient (Wildman–Crippen LogP) is 9.92. The minimum absolute atomic E-state index is 1.02. The zero-order valence-electron chi connectivity index (χ0n) is 45.6. The van der Waals surface area contributed by atoms with Crippen molar-refractivity contribution in [2.75, 3.05) is 0 Å². The molecule has 78 heavy (non-hydrogen) atoms. The summed E-state index contributed by atoms with van der Waals surface area (Å²) in [6.07, 6.45) is 15.6. The highest BCUT2D eigenvalue weighted by atomic mass is 15.4. The maximum Gasteiger partial charge on any atom is 0.265 e. The van der Waals surface area contributed by atoms with Crippen LogP contribution in [0.3, 0.4) is 0 Å². The lowest BCUT2D eigenvalue weighted by Crippen LogP contribution is -2.74. The van der Waals surface area contributed by atoms with Gasteiger partial charge in [-0.1, -0.05) is 310 Å². The maximum absolute atomic E-state index is 4.53. The summed E-state index contributed by atoms with van der Waals surface area (Å²) in [7, 11) is 0. The molecule has 0 bridgehead atoms. The van der Waals surface area contributed by atoms with Crippen molar-refractivity contribution in [3.05, 3.63) is 292 Å². The molecule has 0 radical (unpaired) electrons. The van der Waals surface area contributed by atoms with Crippen molar-refractivity contribution >= 4 is 56.0 Å². The molecular formula is C70H74B2N6. The zero-order valence-corrected chi connectivity index (χ0v) is 45.6. The van der Waals surface area contributed by atoms with Crippen LogP contribution in [0.25, 0.3) is 11.4 Å². The lowest BCUT2D eigenvalue weighted by atomic mass is 9.13. The quantitative estimate of drug-likeness (QED) is 0.0434. The standard InChI is InChI=1S/2C24H20B.C22H34N6/c2*1-5-13-21(14-6-1)25(22-15-7-2-8-16-22,23-17-9-3-10-18-23)24-19-11-4-12-20-24;1-3-5-7-9-14-25-17-23-27(19-25)21-12-11-13-22(16-21)28-20-26(18-24-28)15-10-8-6-4-2/h2*1-20H;11-13,16-20H,3-10,14-15H2,1-2H3/q2*-1;+2. The molecule has 0 aliphatic carbocycles. The average molecular weight is 1020 g/mol. The number of unbranched alkanes of at least 4 members (excludes halogenated alkanes) is 6. The van der Waals surface area contributed by atoms with E-state index in [1.807, 2.05) is 22.0 Å². The van der Waals surface area contributed by atoms with E-state index in [4.69, 9.17) is 0 Å². The van der Waals surface area contributed by atoms with Crippen molar-refractivity contribution in [1.29, 1.82) is 0 Å². The fraction of sp³-hybridized carbons (Fsp3) is 0.171. The average Bonchev–Trinajstić information content (AvgIpc) is 4.24. The molecule has 2 heterocycles. The minimum Gasteiger partial charge on any atom is -0.237 e. The molecule has 11 rings (SSSR count). The van der Waals surface area contributed by atoms with E-state index in [9.17, 15) is 0 Å². The number of rotatable bonds is 20. The molecule has 0 aliphatic heterocycles. The lowest BCUT2D eigenvalue weighted by Gasteiger charge is -2.44. The van der Waals surface area contributed by atoms with Crippen molar-refractivity contribution in [3.63, 3.8) is 0 Å². The highest BCUT2D eigenvalue weighted by molar-refractivity contribution is 7.20. The van der Waals surface area contributed by atoms with Gasteiger partial charge < -0.3 is 0 Å². The molecule has 0 atom stereocenters. The molecule has 0 saturated carbocycles. The molecule has 0 saturated heterocycles. The van der Waals surface area contributed by atoms with Crippen LogP contribution < -0.4 is 52.8 Å². The Balaban J connectivity index is 0.000000142. The fourth-order valence-corrected chi connectivity index (χ4v) is 11.6. The van der Waals surface area contributed by atoms with Gasteiger partial charge in [0.15, 0.2) is 0 Å². The van der Waals surface area contributed by atoms with Crippen LogP contribution in [0, 0.1) is 0 Å². The number of aryl methyl sites for hydroxylation is 2. The van der Waals surface area contributed by atoms with Gasteiger partial charge in [-0.3, -0.25) is 0 Å². The topological polar surface area (TPSA) is 43.4 Å². The summed E-state index contributed by atoms with van der Waals surface area (Å²) < 4.78 is 8.21. The van der Waals surface area contributed by atoms with Crippen LogP contribution in [0.5, 0.6) is 0 Å². The molecule has 6 nitrogen and oxygen atoms in total. The van der Waals surface area contributed by atoms with Gasteiger partial charge >= 0.3 is 0 Å². The first-order chi connectivity index (χ1) is 38.6. The fourth-order valence-electron chi connectivity index (χ4n) is 11.6. The summed E-state index contributed by atoms with van der Waals surface area (Å²) >= 11 is 0. The largest absolute Gasteiger partial charge is 0.265 e. The molecule has 0 amide bonds. The van der Waals surface area contributed by atoms with Gasteiger partial charge in [-0.15, -0.1) is 0 Å². The van der Waals surface area contributed by atoms with Crippen LogP contribution in [-0.2, 0) is 13.1 Å². The summed E-state index contributed by atoms with van der Waals surface area (Å²) in [5, 5.41) is 9.06. The summed E-state index contributed by atoms with van der Waals surface area (Å²) in [4.78, 5) is 0. The van der Waals surface area contributed by atoms with Gasteiger partial charge in [0, 0.05) is 16.3 Å². The van der Waals surface area contributed by atoms with Gasteiger partial charge in [0.05, 0.1) is 13.1 Å². The van der Waals surface area contributed by atoms with Crippen LogP contribution >= 0.6 is 0 Å². The number of hydrogen-bond donors (Lipinski definition) is 0. The van der Waals surface area contributed by atoms with Gasteiger partial charge in [0.1, 0.15) is 23.7 Å². The molecule has 390 valence electrons. The minimum atomic E-state index is -1.22. The molecule has 2 aromatic heterocycles. The van der Waals surface area contributed by atoms with Crippen LogP contribution in [0.1, 0.15) is 65.2 Å². The summed E-state index contributed by atoms with van der Waals surface area (Å²) in [5.41, 5.74) is 12.8. The third kappa shape index (κ3) is 13.0. The van der Waals surface area contributed by atoms with Gasteiger partial charge in [-0.2, -0.15) is 43.7 Å². The number of aromatic nitrogens is 6. The normalized spacial score (nSPS) is 11.2. The van der Waals surface area contributed by atoms with Crippen molar-refractivity contribution in [3.8, 4) is 11.4 Å². The third-order valence-corrected chi connectivity index (χ3v) is 15.5. The molecule has 0 aliphatic rings. The Hall–Kier alpha value is -8.61. The van der Waals surface area contributed by atoms with Crippen molar-refractivity contribution < 1.29 is 9.13 Å². The van der Waals surface area contributed by atoms with E-state index in [2.05, 4.69) is 313 Å². The number of hydrogen-bond acceptors (Lipinski definition) is 2. The Bertz CT molecular complexity index is 2860. The first-order valence-electron chi connectivity index (χ1n) is 28.4. The molecular weight excluding hydrogens is 946 g/mol. The SMILES string of the molecule is CCCCCC[n+]1cnn(-c2cccc(-n3c[n+](CCCCCC)cn3)c2)c1.c1ccc([B-](c2ccccc2)(c2ccccc2)c2ccccc2)cc1.c1ccc([B-](c2ccccc2)(c2ccccc2)c2ccccc2)cc1. The van der Waals surface area contributed by atoms with Crippen molar-refractivity contribution in [2.24, 2.45) is 0 Å². The van der Waals surface area contributed by atoms with Crippen LogP contribution in [-0.4, -0.2) is 31.9 Å². The van der Waals surface area contributed by atoms with Crippen LogP contribution in [0.4, 0.5) is 0 Å². The van der Waals surface area contributed by atoms with Gasteiger partial charge in [0.2, 0.25) is 12.7 Å². The second-order valence-electron chi connectivity index (χ2n) is 20.5. The second-order valence-corrected chi connectivity index (χ2v) is 20.5. The monoisotopic (exact) mass is 1020 g/mol. The summed E-state index contributed by atoms with van der Waals surface area (Å²) in [6, 6.07) is 95.4. The number of benzene rings is 9. The smallest absolute Gasteiger partial charge is 0.237 e. The second kappa shape index (κ2) is 28.0. The molecule has 9 aromatic carbocycles. The van der Waals surface area contributed by atoms with E-state index in [1.165, 1.54) is 95.1 Å². The van der Waals surface area contributed by atoms with Gasteiger partial charge in [-0.25, -0.2) is 9.13 Å². The molecule has 0 fully saturated rings. The van der Waals surface area contributed by atoms with E-state index < -0.39 is 12.3 Å². The molecule has 8 heteroatoms. The first-order valence-corrected chi connectivity index (χ1v) is 28.4. The number of nitrogens with zero attached hydrogens (tertiary/aromatic N) is 6. The molecule has 0 N–H and O–H groups in total. The molecule has 0 unspecified atom stereocenters. The highest BCUT2D eigenvalue weighted by Gasteiger charge is 2.32. The lowest BCUT2D eigenvalue weighted by molar-refractivity contribution is -0.698. The predicted molar refractivity (Wildman–Crippen MR) is 329 cm³/mol. The van der Waals surface area contributed by atoms with E-state index >= 15 is 0 Å². The Labute approximate surface area is 464 Å². The summed E-state index contributed by atoms with van der Waals surface area (Å²) in [6.45, 7) is 6.53. The molecule has 11 aromatic rings. The van der Waals surface area contributed by atoms with Gasteiger partial charge in [0.25, 0.3) is 12.7 Å². The Morgan fingerprint density at radius 3 is 0.769 bits per heavy atom. The summed E-state index contributed by atoms with van der Waals surface area (Å²) in [5.74, 6) is 0. The van der Waals surface area contributed by atoms with Crippen molar-refractivity contribution in [2.45, 2.75) is 78.3 Å². The highest BCUT2D eigenvalue weighted by Crippen LogP contribution is 2.14. The zero-order chi connectivity index (χ0) is 53.5. The third-order valence-electron chi connectivity index (χ3n) is 15.5. The Morgan fingerprint density at radius 1 is 0.295 bits per heavy atom. The van der Waals surface area contributed by atoms with E-state index in [0.717, 1.165) is 24.5 Å². The van der Waals surface area contributed by atoms with Gasteiger partial charge in [-0.05, 0) is 25.0 Å².